The number of carboxylic acid groups (broad SMARTS) is 1. The zero-order valence-corrected chi connectivity index (χ0v) is 11.6. The number of carbonyl (C=O) groups is 2. The number of carbonyl (C=O) groups excluding carboxylic acids is 1. The van der Waals surface area contributed by atoms with Crippen LogP contribution in [0.15, 0.2) is 17.8 Å². The summed E-state index contributed by atoms with van der Waals surface area (Å²) in [6, 6.07) is -0.0134. The predicted octanol–water partition coefficient (Wildman–Crippen LogP) is 1.31. The van der Waals surface area contributed by atoms with E-state index in [0.29, 0.717) is 19.3 Å². The third-order valence-corrected chi connectivity index (χ3v) is 4.61. The first-order valence-corrected chi connectivity index (χ1v) is 7.43. The Morgan fingerprint density at radius 1 is 1.50 bits per heavy atom. The second-order valence-corrected chi connectivity index (χ2v) is 5.93. The minimum absolute atomic E-state index is 0.0134. The molecular weight excluding hydrogens is 278 g/mol. The smallest absolute Gasteiger partial charge is 0.306 e. The maximum Gasteiger partial charge on any atom is 0.306 e. The molecular formula is C13H15N3O3S. The number of hydrogen-bond donors (Lipinski definition) is 2. The Balaban J connectivity index is 1.58. The molecule has 1 saturated carbocycles. The molecule has 0 aliphatic heterocycles. The molecule has 1 aliphatic rings. The van der Waals surface area contributed by atoms with Gasteiger partial charge in [-0.3, -0.25) is 14.0 Å². The lowest BCUT2D eigenvalue weighted by Crippen LogP contribution is -2.34. The molecule has 2 heterocycles. The van der Waals surface area contributed by atoms with Gasteiger partial charge in [-0.1, -0.05) is 0 Å². The summed E-state index contributed by atoms with van der Waals surface area (Å²) in [5.41, 5.74) is 0.910. The molecule has 2 atom stereocenters. The quantitative estimate of drug-likeness (QED) is 0.890. The highest BCUT2D eigenvalue weighted by Crippen LogP contribution is 2.25. The molecule has 1 amide bonds. The molecule has 2 aromatic rings. The van der Waals surface area contributed by atoms with Gasteiger partial charge in [0.1, 0.15) is 0 Å². The number of nitrogens with zero attached hydrogens (tertiary/aromatic N) is 2. The first-order chi connectivity index (χ1) is 9.63. The van der Waals surface area contributed by atoms with Crippen LogP contribution < -0.4 is 5.32 Å². The largest absolute Gasteiger partial charge is 0.481 e. The van der Waals surface area contributed by atoms with Crippen LogP contribution >= 0.6 is 11.3 Å². The zero-order chi connectivity index (χ0) is 14.1. The molecule has 0 bridgehead atoms. The van der Waals surface area contributed by atoms with Crippen molar-refractivity contribution >= 4 is 28.2 Å². The molecule has 0 unspecified atom stereocenters. The SMILES string of the molecule is O=C(Cc1csc2nccn12)N[C@H]1CC[C@@H](C(=O)O)C1. The highest BCUT2D eigenvalue weighted by atomic mass is 32.1. The minimum atomic E-state index is -0.764. The summed E-state index contributed by atoms with van der Waals surface area (Å²) < 4.78 is 1.90. The zero-order valence-electron chi connectivity index (χ0n) is 10.8. The maximum absolute atomic E-state index is 12.0. The van der Waals surface area contributed by atoms with Gasteiger partial charge in [0.2, 0.25) is 5.91 Å². The van der Waals surface area contributed by atoms with E-state index in [0.717, 1.165) is 17.1 Å². The van der Waals surface area contributed by atoms with Crippen LogP contribution in [0.4, 0.5) is 0 Å². The number of hydrogen-bond acceptors (Lipinski definition) is 4. The molecule has 0 aromatic carbocycles. The number of aromatic nitrogens is 2. The van der Waals surface area contributed by atoms with Crippen LogP contribution in [0.3, 0.4) is 0 Å². The lowest BCUT2D eigenvalue weighted by Gasteiger charge is -2.12. The maximum atomic E-state index is 12.0. The van der Waals surface area contributed by atoms with E-state index in [1.165, 1.54) is 11.3 Å². The molecule has 1 fully saturated rings. The summed E-state index contributed by atoms with van der Waals surface area (Å²) in [7, 11) is 0. The van der Waals surface area contributed by atoms with Crippen LogP contribution in [-0.4, -0.2) is 32.4 Å². The number of aliphatic carboxylic acids is 1. The van der Waals surface area contributed by atoms with Gasteiger partial charge in [-0.2, -0.15) is 0 Å². The lowest BCUT2D eigenvalue weighted by atomic mass is 10.1. The number of carboxylic acids is 1. The molecule has 7 heteroatoms. The lowest BCUT2D eigenvalue weighted by molar-refractivity contribution is -0.141. The summed E-state index contributed by atoms with van der Waals surface area (Å²) in [6.45, 7) is 0. The van der Waals surface area contributed by atoms with Crippen molar-refractivity contribution in [3.63, 3.8) is 0 Å². The van der Waals surface area contributed by atoms with E-state index in [1.807, 2.05) is 16.0 Å². The Hall–Kier alpha value is -1.89. The molecule has 0 spiro atoms. The van der Waals surface area contributed by atoms with Crippen LogP contribution in [0, 0.1) is 5.92 Å². The first-order valence-electron chi connectivity index (χ1n) is 6.55. The Labute approximate surface area is 119 Å². The number of imidazole rings is 1. The number of fused-ring (bicyclic) bond motifs is 1. The van der Waals surface area contributed by atoms with Gasteiger partial charge in [0.05, 0.1) is 12.3 Å². The molecule has 2 N–H and O–H groups in total. The fourth-order valence-corrected chi connectivity index (χ4v) is 3.53. The molecule has 0 radical (unpaired) electrons. The van der Waals surface area contributed by atoms with Crippen molar-refractivity contribution in [1.29, 1.82) is 0 Å². The number of amides is 1. The van der Waals surface area contributed by atoms with Crippen molar-refractivity contribution in [3.05, 3.63) is 23.5 Å². The van der Waals surface area contributed by atoms with E-state index in [9.17, 15) is 9.59 Å². The summed E-state index contributed by atoms with van der Waals surface area (Å²) in [6.07, 6.45) is 5.76. The number of nitrogens with one attached hydrogen (secondary N) is 1. The minimum Gasteiger partial charge on any atom is -0.481 e. The van der Waals surface area contributed by atoms with Gasteiger partial charge in [0.25, 0.3) is 0 Å². The fourth-order valence-electron chi connectivity index (χ4n) is 2.68. The average Bonchev–Trinajstić information content (AvgIpc) is 3.07. The number of rotatable bonds is 4. The predicted molar refractivity (Wildman–Crippen MR) is 73.7 cm³/mol. The van der Waals surface area contributed by atoms with E-state index >= 15 is 0 Å². The van der Waals surface area contributed by atoms with Crippen LogP contribution in [0.1, 0.15) is 25.0 Å². The van der Waals surface area contributed by atoms with Gasteiger partial charge in [-0.25, -0.2) is 4.98 Å². The van der Waals surface area contributed by atoms with Crippen LogP contribution in [0.5, 0.6) is 0 Å². The number of thiazole rings is 1. The van der Waals surface area contributed by atoms with Crippen molar-refractivity contribution in [3.8, 4) is 0 Å². The van der Waals surface area contributed by atoms with Crippen LogP contribution in [0.25, 0.3) is 4.96 Å². The Kier molecular flexibility index (Phi) is 3.43. The van der Waals surface area contributed by atoms with Crippen molar-refractivity contribution in [2.45, 2.75) is 31.7 Å². The van der Waals surface area contributed by atoms with Gasteiger partial charge in [-0.05, 0) is 19.3 Å². The molecule has 2 aromatic heterocycles. The highest BCUT2D eigenvalue weighted by molar-refractivity contribution is 7.15. The Morgan fingerprint density at radius 2 is 2.35 bits per heavy atom. The third-order valence-electron chi connectivity index (χ3n) is 3.71. The molecule has 6 nitrogen and oxygen atoms in total. The van der Waals surface area contributed by atoms with E-state index in [2.05, 4.69) is 10.3 Å². The molecule has 106 valence electrons. The molecule has 0 saturated heterocycles. The van der Waals surface area contributed by atoms with Crippen molar-refractivity contribution in [2.75, 3.05) is 0 Å². The summed E-state index contributed by atoms with van der Waals surface area (Å²) in [5.74, 6) is -1.14. The molecule has 3 rings (SSSR count). The summed E-state index contributed by atoms with van der Waals surface area (Å²) in [4.78, 5) is 27.9. The van der Waals surface area contributed by atoms with E-state index in [1.54, 1.807) is 6.20 Å². The standard InChI is InChI=1S/C13H15N3O3S/c17-11(15-9-2-1-8(5-9)12(18)19)6-10-7-20-13-14-3-4-16(10)13/h3-4,7-9H,1-2,5-6H2,(H,15,17)(H,18,19)/t8-,9+/m1/s1. The second-order valence-electron chi connectivity index (χ2n) is 5.10. The summed E-state index contributed by atoms with van der Waals surface area (Å²) in [5, 5.41) is 13.8. The highest BCUT2D eigenvalue weighted by Gasteiger charge is 2.30. The normalized spacial score (nSPS) is 22.2. The monoisotopic (exact) mass is 293 g/mol. The molecule has 20 heavy (non-hydrogen) atoms. The van der Waals surface area contributed by atoms with E-state index in [-0.39, 0.29) is 17.9 Å². The van der Waals surface area contributed by atoms with E-state index < -0.39 is 5.97 Å². The fraction of sp³-hybridized carbons (Fsp3) is 0.462. The van der Waals surface area contributed by atoms with Gasteiger partial charge in [0, 0.05) is 29.5 Å². The first kappa shape index (κ1) is 13.1. The van der Waals surface area contributed by atoms with Crippen molar-refractivity contribution in [2.24, 2.45) is 5.92 Å². The third kappa shape index (κ3) is 2.53. The van der Waals surface area contributed by atoms with Gasteiger partial charge >= 0.3 is 5.97 Å². The molecule has 1 aliphatic carbocycles. The van der Waals surface area contributed by atoms with Gasteiger partial charge in [-0.15, -0.1) is 11.3 Å². The van der Waals surface area contributed by atoms with Crippen molar-refractivity contribution in [1.82, 2.24) is 14.7 Å². The van der Waals surface area contributed by atoms with Crippen LogP contribution in [0.2, 0.25) is 0 Å². The topological polar surface area (TPSA) is 83.7 Å². The Bertz CT molecular complexity index is 648. The van der Waals surface area contributed by atoms with Gasteiger partial charge in [0.15, 0.2) is 4.96 Å². The summed E-state index contributed by atoms with van der Waals surface area (Å²) >= 11 is 1.50. The second kappa shape index (κ2) is 5.24. The van der Waals surface area contributed by atoms with E-state index in [4.69, 9.17) is 5.11 Å². The average molecular weight is 293 g/mol. The van der Waals surface area contributed by atoms with Crippen LogP contribution in [-0.2, 0) is 16.0 Å². The Morgan fingerprint density at radius 3 is 3.10 bits per heavy atom. The van der Waals surface area contributed by atoms with Crippen molar-refractivity contribution < 1.29 is 14.7 Å². The van der Waals surface area contributed by atoms with Gasteiger partial charge < -0.3 is 10.4 Å².